The Labute approximate surface area is 143 Å². The normalized spacial score (nSPS) is 12.7. The van der Waals surface area contributed by atoms with Gasteiger partial charge in [0.15, 0.2) is 11.6 Å². The van der Waals surface area contributed by atoms with Crippen molar-refractivity contribution in [3.8, 4) is 22.8 Å². The van der Waals surface area contributed by atoms with Gasteiger partial charge < -0.3 is 15.2 Å². The van der Waals surface area contributed by atoms with E-state index in [0.717, 1.165) is 0 Å². The third-order valence-electron chi connectivity index (χ3n) is 3.55. The first-order valence-corrected chi connectivity index (χ1v) is 7.33. The van der Waals surface area contributed by atoms with Crippen molar-refractivity contribution in [2.24, 2.45) is 4.99 Å². The summed E-state index contributed by atoms with van der Waals surface area (Å²) in [7, 11) is 1.42. The van der Waals surface area contributed by atoms with Gasteiger partial charge in [0, 0.05) is 18.3 Å². The predicted octanol–water partition coefficient (Wildman–Crippen LogP) is 1.10. The lowest BCUT2D eigenvalue weighted by Crippen LogP contribution is -2.38. The molecule has 1 aliphatic heterocycles. The van der Waals surface area contributed by atoms with Gasteiger partial charge in [-0.2, -0.15) is 0 Å². The van der Waals surface area contributed by atoms with Crippen molar-refractivity contribution in [1.29, 1.82) is 0 Å². The van der Waals surface area contributed by atoms with E-state index in [1.54, 1.807) is 0 Å². The summed E-state index contributed by atoms with van der Waals surface area (Å²) in [5.41, 5.74) is 0.622. The first-order valence-electron chi connectivity index (χ1n) is 7.33. The Kier molecular flexibility index (Phi) is 4.43. The number of aliphatic imine (C=N–C) groups is 1. The molecular weight excluding hydrogens is 324 g/mol. The number of amides is 1. The molecule has 0 spiro atoms. The molecule has 3 rings (SSSR count). The van der Waals surface area contributed by atoms with Crippen LogP contribution in [0.5, 0.6) is 11.6 Å². The summed E-state index contributed by atoms with van der Waals surface area (Å²) in [6.07, 6.45) is 2.72. The molecule has 0 atom stereocenters. The average molecular weight is 338 g/mol. The molecule has 1 aromatic carbocycles. The van der Waals surface area contributed by atoms with Gasteiger partial charge in [0.1, 0.15) is 12.1 Å². The van der Waals surface area contributed by atoms with Crippen LogP contribution in [0.4, 0.5) is 5.69 Å². The number of nitrogens with one attached hydrogen (secondary N) is 2. The fourth-order valence-electron chi connectivity index (χ4n) is 2.48. The number of nitrogens with zero attached hydrogens (tertiary/aromatic N) is 4. The molecule has 9 heteroatoms. The molecule has 9 nitrogen and oxygen atoms in total. The minimum atomic E-state index is -0.600. The number of aromatic nitrogens is 2. The molecule has 2 heterocycles. The second-order valence-corrected chi connectivity index (χ2v) is 5.02. The highest BCUT2D eigenvalue weighted by atomic mass is 16.5. The monoisotopic (exact) mass is 338 g/mol. The molecule has 0 fully saturated rings. The van der Waals surface area contributed by atoms with Crippen LogP contribution in [0.3, 0.4) is 0 Å². The zero-order valence-electron chi connectivity index (χ0n) is 13.3. The Morgan fingerprint density at radius 3 is 3.00 bits per heavy atom. The van der Waals surface area contributed by atoms with E-state index in [1.807, 2.05) is 0 Å². The number of aromatic hydroxyl groups is 1. The van der Waals surface area contributed by atoms with E-state index in [2.05, 4.69) is 30.4 Å². The number of rotatable bonds is 3. The summed E-state index contributed by atoms with van der Waals surface area (Å²) >= 11 is 0. The van der Waals surface area contributed by atoms with E-state index >= 15 is 0 Å². The SMILES string of the molecule is [C-]#[N+]c1ccc(O)c(C(=O)NC2=NCCN2)c1-c1cncnc1OC. The molecule has 1 aromatic heterocycles. The molecule has 1 aliphatic rings. The van der Waals surface area contributed by atoms with E-state index in [0.29, 0.717) is 24.6 Å². The number of carbonyl (C=O) groups excluding carboxylic acids is 1. The fourth-order valence-corrected chi connectivity index (χ4v) is 2.48. The van der Waals surface area contributed by atoms with Crippen LogP contribution in [0.25, 0.3) is 16.0 Å². The van der Waals surface area contributed by atoms with Gasteiger partial charge in [0.2, 0.25) is 5.88 Å². The topological polar surface area (TPSA) is 113 Å². The van der Waals surface area contributed by atoms with Crippen LogP contribution >= 0.6 is 0 Å². The standard InChI is InChI=1S/C16H14N6O3/c1-17-10-3-4-11(23)13(14(24)22-16-19-5-6-20-16)12(10)9-7-18-8-21-15(9)25-2/h3-4,7-8,23H,5-6H2,2H3,(H2,19,20,22,24). The fraction of sp³-hybridized carbons (Fsp3) is 0.188. The highest BCUT2D eigenvalue weighted by Crippen LogP contribution is 2.41. The molecule has 1 amide bonds. The lowest BCUT2D eigenvalue weighted by molar-refractivity contribution is 0.0974. The number of phenols is 1. The molecule has 0 aliphatic carbocycles. The average Bonchev–Trinajstić information content (AvgIpc) is 3.14. The van der Waals surface area contributed by atoms with Gasteiger partial charge in [0.25, 0.3) is 5.91 Å². The summed E-state index contributed by atoms with van der Waals surface area (Å²) in [6, 6.07) is 2.72. The van der Waals surface area contributed by atoms with E-state index in [9.17, 15) is 9.90 Å². The van der Waals surface area contributed by atoms with Crippen molar-refractivity contribution in [2.45, 2.75) is 0 Å². The third-order valence-corrected chi connectivity index (χ3v) is 3.55. The van der Waals surface area contributed by atoms with Gasteiger partial charge in [0.05, 0.1) is 31.4 Å². The Morgan fingerprint density at radius 1 is 1.48 bits per heavy atom. The van der Waals surface area contributed by atoms with Crippen LogP contribution < -0.4 is 15.4 Å². The maximum absolute atomic E-state index is 12.7. The van der Waals surface area contributed by atoms with Crippen molar-refractivity contribution >= 4 is 17.6 Å². The zero-order valence-corrected chi connectivity index (χ0v) is 13.3. The number of hydrogen-bond acceptors (Lipinski definition) is 7. The Morgan fingerprint density at radius 2 is 2.32 bits per heavy atom. The number of methoxy groups -OCH3 is 1. The van der Waals surface area contributed by atoms with Crippen LogP contribution in [0, 0.1) is 6.57 Å². The second kappa shape index (κ2) is 6.84. The molecule has 0 saturated heterocycles. The summed E-state index contributed by atoms with van der Waals surface area (Å²) in [5, 5.41) is 15.8. The van der Waals surface area contributed by atoms with Gasteiger partial charge in [-0.05, 0) is 6.07 Å². The van der Waals surface area contributed by atoms with Crippen molar-refractivity contribution in [3.05, 3.63) is 41.6 Å². The van der Waals surface area contributed by atoms with Gasteiger partial charge in [-0.25, -0.2) is 14.8 Å². The lowest BCUT2D eigenvalue weighted by Gasteiger charge is -2.15. The Balaban J connectivity index is 2.17. The number of carbonyl (C=O) groups is 1. The molecule has 0 bridgehead atoms. The first kappa shape index (κ1) is 16.2. The van der Waals surface area contributed by atoms with E-state index < -0.39 is 5.91 Å². The number of guanidine groups is 1. The summed E-state index contributed by atoms with van der Waals surface area (Å²) in [5.74, 6) is -0.364. The van der Waals surface area contributed by atoms with Gasteiger partial charge in [-0.15, -0.1) is 0 Å². The largest absolute Gasteiger partial charge is 0.507 e. The van der Waals surface area contributed by atoms with Crippen LogP contribution in [0.15, 0.2) is 29.6 Å². The molecule has 0 saturated carbocycles. The van der Waals surface area contributed by atoms with Crippen LogP contribution in [0.2, 0.25) is 0 Å². The molecule has 0 unspecified atom stereocenters. The van der Waals surface area contributed by atoms with Crippen molar-refractivity contribution in [3.63, 3.8) is 0 Å². The Bertz CT molecular complexity index is 903. The number of phenolic OH excluding ortho intramolecular Hbond substituents is 1. The minimum absolute atomic E-state index is 0.0713. The summed E-state index contributed by atoms with van der Waals surface area (Å²) < 4.78 is 5.20. The van der Waals surface area contributed by atoms with E-state index in [1.165, 1.54) is 31.8 Å². The maximum atomic E-state index is 12.7. The molecule has 0 radical (unpaired) electrons. The van der Waals surface area contributed by atoms with Crippen molar-refractivity contribution < 1.29 is 14.6 Å². The zero-order chi connectivity index (χ0) is 17.8. The summed E-state index contributed by atoms with van der Waals surface area (Å²) in [4.78, 5) is 28.2. The van der Waals surface area contributed by atoms with Gasteiger partial charge >= 0.3 is 0 Å². The molecule has 3 N–H and O–H groups in total. The maximum Gasteiger partial charge on any atom is 0.261 e. The van der Waals surface area contributed by atoms with Crippen LogP contribution in [0.1, 0.15) is 10.4 Å². The van der Waals surface area contributed by atoms with E-state index in [4.69, 9.17) is 11.3 Å². The highest BCUT2D eigenvalue weighted by Gasteiger charge is 2.25. The highest BCUT2D eigenvalue weighted by molar-refractivity contribution is 6.13. The van der Waals surface area contributed by atoms with Gasteiger partial charge in [-0.1, -0.05) is 6.07 Å². The number of ether oxygens (including phenoxy) is 1. The summed E-state index contributed by atoms with van der Waals surface area (Å²) in [6.45, 7) is 8.56. The Hall–Kier alpha value is -3.67. The quantitative estimate of drug-likeness (QED) is 0.722. The minimum Gasteiger partial charge on any atom is -0.507 e. The molecule has 126 valence electrons. The predicted molar refractivity (Wildman–Crippen MR) is 89.7 cm³/mol. The van der Waals surface area contributed by atoms with E-state index in [-0.39, 0.29) is 28.4 Å². The first-order chi connectivity index (χ1) is 12.2. The lowest BCUT2D eigenvalue weighted by atomic mass is 9.97. The van der Waals surface area contributed by atoms with Gasteiger partial charge in [-0.3, -0.25) is 15.1 Å². The number of hydrogen-bond donors (Lipinski definition) is 3. The number of benzene rings is 1. The van der Waals surface area contributed by atoms with Crippen molar-refractivity contribution in [1.82, 2.24) is 20.6 Å². The van der Waals surface area contributed by atoms with Crippen molar-refractivity contribution in [2.75, 3.05) is 20.2 Å². The molecular formula is C16H14N6O3. The molecule has 25 heavy (non-hydrogen) atoms. The van der Waals surface area contributed by atoms with Crippen LogP contribution in [-0.2, 0) is 0 Å². The smallest absolute Gasteiger partial charge is 0.261 e. The van der Waals surface area contributed by atoms with Crippen LogP contribution in [-0.4, -0.2) is 47.1 Å². The second-order valence-electron chi connectivity index (χ2n) is 5.02. The third kappa shape index (κ3) is 3.05. The molecule has 2 aromatic rings.